The van der Waals surface area contributed by atoms with Crippen molar-refractivity contribution >= 4 is 33.9 Å². The number of benzene rings is 2. The van der Waals surface area contributed by atoms with Crippen molar-refractivity contribution in [3.8, 4) is 0 Å². The number of nitrogens with zero attached hydrogens (tertiary/aromatic N) is 3. The summed E-state index contributed by atoms with van der Waals surface area (Å²) in [5, 5.41) is 2.14. The Hall–Kier alpha value is -3.08. The van der Waals surface area contributed by atoms with Crippen LogP contribution in [0.4, 0.5) is 17.2 Å². The molecule has 2 aromatic carbocycles. The molecule has 1 heterocycles. The molecule has 0 radical (unpaired) electrons. The summed E-state index contributed by atoms with van der Waals surface area (Å²) >= 11 is 0. The predicted molar refractivity (Wildman–Crippen MR) is 106 cm³/mol. The highest BCUT2D eigenvalue weighted by molar-refractivity contribution is 6.03. The summed E-state index contributed by atoms with van der Waals surface area (Å²) in [4.78, 5) is 20.3. The number of methoxy groups -OCH3 is 1. The monoisotopic (exact) mass is 349 g/mol. The Labute approximate surface area is 153 Å². The average Bonchev–Trinajstić information content (AvgIpc) is 2.67. The standard InChI is InChI=1S/C21H23N3O2/c1-15-9-8-12-17-20(15)18(24(3)16-10-6-5-7-11-16)13-22-21(17)23(2)14-19(25)26-4/h5-13H,14H2,1-4H3. The molecule has 0 aliphatic heterocycles. The molecule has 0 bridgehead atoms. The number of aryl methyl sites for hydroxylation is 1. The van der Waals surface area contributed by atoms with Crippen LogP contribution in [-0.2, 0) is 9.53 Å². The molecule has 1 aromatic heterocycles. The van der Waals surface area contributed by atoms with E-state index in [0.717, 1.165) is 33.5 Å². The molecule has 0 spiro atoms. The maximum atomic E-state index is 11.7. The molecule has 0 N–H and O–H groups in total. The third-order valence-electron chi connectivity index (χ3n) is 4.54. The Balaban J connectivity index is 2.13. The number of hydrogen-bond donors (Lipinski definition) is 0. The molecular formula is C21H23N3O2. The van der Waals surface area contributed by atoms with Crippen molar-refractivity contribution < 1.29 is 9.53 Å². The van der Waals surface area contributed by atoms with Gasteiger partial charge in [-0.15, -0.1) is 0 Å². The van der Waals surface area contributed by atoms with Gasteiger partial charge in [0.25, 0.3) is 0 Å². The zero-order valence-corrected chi connectivity index (χ0v) is 15.6. The number of likely N-dealkylation sites (N-methyl/N-ethyl adjacent to an activating group) is 1. The van der Waals surface area contributed by atoms with Crippen molar-refractivity contribution in [2.24, 2.45) is 0 Å². The molecule has 0 fully saturated rings. The summed E-state index contributed by atoms with van der Waals surface area (Å²) in [5.41, 5.74) is 3.28. The van der Waals surface area contributed by atoms with Crippen molar-refractivity contribution in [2.75, 3.05) is 37.5 Å². The number of anilines is 3. The molecule has 5 nitrogen and oxygen atoms in total. The minimum Gasteiger partial charge on any atom is -0.468 e. The summed E-state index contributed by atoms with van der Waals surface area (Å²) in [6.07, 6.45) is 1.87. The zero-order chi connectivity index (χ0) is 18.7. The van der Waals surface area contributed by atoms with Crippen molar-refractivity contribution in [3.05, 3.63) is 60.3 Å². The summed E-state index contributed by atoms with van der Waals surface area (Å²) in [5.74, 6) is 0.472. The van der Waals surface area contributed by atoms with E-state index in [4.69, 9.17) is 4.74 Å². The topological polar surface area (TPSA) is 45.7 Å². The van der Waals surface area contributed by atoms with E-state index < -0.39 is 0 Å². The first-order valence-corrected chi connectivity index (χ1v) is 8.48. The van der Waals surface area contributed by atoms with Gasteiger partial charge in [0.15, 0.2) is 0 Å². The van der Waals surface area contributed by atoms with Crippen LogP contribution in [0, 0.1) is 6.92 Å². The Bertz CT molecular complexity index is 925. The second kappa shape index (κ2) is 7.44. The number of rotatable bonds is 5. The number of hydrogen-bond acceptors (Lipinski definition) is 5. The van der Waals surface area contributed by atoms with Crippen LogP contribution in [-0.4, -0.2) is 38.7 Å². The molecule has 0 aliphatic carbocycles. The van der Waals surface area contributed by atoms with Gasteiger partial charge < -0.3 is 14.5 Å². The lowest BCUT2D eigenvalue weighted by molar-refractivity contribution is -0.138. The number of carbonyl (C=O) groups is 1. The summed E-state index contributed by atoms with van der Waals surface area (Å²) in [7, 11) is 5.28. The van der Waals surface area contributed by atoms with Gasteiger partial charge in [0.1, 0.15) is 12.4 Å². The lowest BCUT2D eigenvalue weighted by Gasteiger charge is -2.25. The number of carbonyl (C=O) groups excluding carboxylic acids is 1. The molecule has 0 aliphatic rings. The van der Waals surface area contributed by atoms with Gasteiger partial charge in [-0.05, 0) is 24.6 Å². The van der Waals surface area contributed by atoms with Crippen LogP contribution in [0.2, 0.25) is 0 Å². The fourth-order valence-corrected chi connectivity index (χ4v) is 3.13. The van der Waals surface area contributed by atoms with E-state index in [-0.39, 0.29) is 12.5 Å². The maximum Gasteiger partial charge on any atom is 0.325 e. The summed E-state index contributed by atoms with van der Waals surface area (Å²) in [6, 6.07) is 16.3. The molecule has 134 valence electrons. The van der Waals surface area contributed by atoms with E-state index in [0.29, 0.717) is 0 Å². The highest BCUT2D eigenvalue weighted by Gasteiger charge is 2.17. The number of aromatic nitrogens is 1. The Morgan fingerprint density at radius 1 is 1.08 bits per heavy atom. The van der Waals surface area contributed by atoms with E-state index >= 15 is 0 Å². The summed E-state index contributed by atoms with van der Waals surface area (Å²) < 4.78 is 4.78. The van der Waals surface area contributed by atoms with Crippen LogP contribution >= 0.6 is 0 Å². The zero-order valence-electron chi connectivity index (χ0n) is 15.6. The van der Waals surface area contributed by atoms with Crippen molar-refractivity contribution in [3.63, 3.8) is 0 Å². The number of pyridine rings is 1. The second-order valence-electron chi connectivity index (χ2n) is 6.29. The molecule has 0 amide bonds. The van der Waals surface area contributed by atoms with Gasteiger partial charge in [-0.1, -0.05) is 36.4 Å². The first-order chi connectivity index (χ1) is 12.5. The third kappa shape index (κ3) is 3.33. The Morgan fingerprint density at radius 2 is 1.81 bits per heavy atom. The molecule has 5 heteroatoms. The molecule has 26 heavy (non-hydrogen) atoms. The second-order valence-corrected chi connectivity index (χ2v) is 6.29. The first-order valence-electron chi connectivity index (χ1n) is 8.48. The predicted octanol–water partition coefficient (Wildman–Crippen LogP) is 3.92. The van der Waals surface area contributed by atoms with Crippen molar-refractivity contribution in [2.45, 2.75) is 6.92 Å². The van der Waals surface area contributed by atoms with Crippen LogP contribution in [0.1, 0.15) is 5.56 Å². The van der Waals surface area contributed by atoms with Gasteiger partial charge in [-0.3, -0.25) is 4.79 Å². The number of ether oxygens (including phenoxy) is 1. The minimum atomic E-state index is -0.291. The van der Waals surface area contributed by atoms with Gasteiger partial charge in [0.05, 0.1) is 19.0 Å². The van der Waals surface area contributed by atoms with E-state index in [1.165, 1.54) is 7.11 Å². The molecule has 0 saturated heterocycles. The molecular weight excluding hydrogens is 326 g/mol. The van der Waals surface area contributed by atoms with E-state index in [2.05, 4.69) is 35.0 Å². The molecule has 3 aromatic rings. The average molecular weight is 349 g/mol. The maximum absolute atomic E-state index is 11.7. The normalized spacial score (nSPS) is 10.6. The van der Waals surface area contributed by atoms with Gasteiger partial charge >= 0.3 is 5.97 Å². The SMILES string of the molecule is COC(=O)CN(C)c1ncc(N(C)c2ccccc2)c2c(C)cccc12. The van der Waals surface area contributed by atoms with Gasteiger partial charge in [0, 0.05) is 30.6 Å². The highest BCUT2D eigenvalue weighted by Crippen LogP contribution is 2.36. The highest BCUT2D eigenvalue weighted by atomic mass is 16.5. The van der Waals surface area contributed by atoms with Crippen molar-refractivity contribution in [1.29, 1.82) is 0 Å². The van der Waals surface area contributed by atoms with Crippen LogP contribution in [0.3, 0.4) is 0 Å². The fourth-order valence-electron chi connectivity index (χ4n) is 3.13. The van der Waals surface area contributed by atoms with Crippen molar-refractivity contribution in [1.82, 2.24) is 4.98 Å². The number of fused-ring (bicyclic) bond motifs is 1. The van der Waals surface area contributed by atoms with Gasteiger partial charge in [-0.25, -0.2) is 4.98 Å². The quantitative estimate of drug-likeness (QED) is 0.653. The fraction of sp³-hybridized carbons (Fsp3) is 0.238. The smallest absolute Gasteiger partial charge is 0.325 e. The minimum absolute atomic E-state index is 0.153. The molecule has 0 atom stereocenters. The number of esters is 1. The first kappa shape index (κ1) is 17.7. The van der Waals surface area contributed by atoms with E-state index in [1.807, 2.05) is 55.5 Å². The summed E-state index contributed by atoms with van der Waals surface area (Å²) in [6.45, 7) is 2.25. The van der Waals surface area contributed by atoms with Crippen LogP contribution in [0.15, 0.2) is 54.7 Å². The van der Waals surface area contributed by atoms with E-state index in [1.54, 1.807) is 0 Å². The molecule has 0 saturated carbocycles. The molecule has 3 rings (SSSR count). The number of para-hydroxylation sites is 1. The largest absolute Gasteiger partial charge is 0.468 e. The molecule has 0 unspecified atom stereocenters. The van der Waals surface area contributed by atoms with E-state index in [9.17, 15) is 4.79 Å². The Morgan fingerprint density at radius 3 is 2.50 bits per heavy atom. The lowest BCUT2D eigenvalue weighted by Crippen LogP contribution is -2.27. The van der Waals surface area contributed by atoms with Crippen LogP contribution < -0.4 is 9.80 Å². The van der Waals surface area contributed by atoms with Crippen LogP contribution in [0.25, 0.3) is 10.8 Å². The Kier molecular flexibility index (Phi) is 5.07. The van der Waals surface area contributed by atoms with Gasteiger partial charge in [0.2, 0.25) is 0 Å². The third-order valence-corrected chi connectivity index (χ3v) is 4.54. The lowest BCUT2D eigenvalue weighted by atomic mass is 10.0. The van der Waals surface area contributed by atoms with Gasteiger partial charge in [-0.2, -0.15) is 0 Å². The van der Waals surface area contributed by atoms with Crippen LogP contribution in [0.5, 0.6) is 0 Å².